The quantitative estimate of drug-likeness (QED) is 0.140. The number of hydrogen-bond donors (Lipinski definition) is 0. The molecule has 0 atom stereocenters. The molecule has 0 aliphatic heterocycles. The second-order valence-electron chi connectivity index (χ2n) is 24.4. The monoisotopic (exact) mass is 946 g/mol. The molecule has 0 unspecified atom stereocenters. The standard InChI is InChI=1S/C70H50N4/c1-33-54-47-28-37(70(6,7)8)30-49-61-52(31-50(72-9)62-57-40-20-12-16-24-44(40)59(64(61)62)45-25-17-13-21-41(45)57)74(68(47)49)66(54)34(2)53-46-27-36(69(3,4)5)29-48-60-51(73(65(33)53)67(46)48)26-35(32-71)55-56-38-18-10-14-22-42(38)58(63(55)60)43-23-15-11-19-39(43)56/h10-31,56-59H,1-8H3. The average Bonchev–Trinajstić information content (AvgIpc) is 4.16. The maximum Gasteiger partial charge on any atom is 0.193 e. The third-order valence-corrected chi connectivity index (χ3v) is 19.0. The van der Waals surface area contributed by atoms with Crippen LogP contribution in [-0.4, -0.2) is 8.80 Å². The first-order valence-corrected chi connectivity index (χ1v) is 26.5. The molecule has 0 N–H and O–H groups in total. The molecule has 0 amide bonds. The predicted molar refractivity (Wildman–Crippen MR) is 303 cm³/mol. The Morgan fingerprint density at radius 3 is 1.11 bits per heavy atom. The van der Waals surface area contributed by atoms with E-state index in [0.717, 1.165) is 22.3 Å². The van der Waals surface area contributed by atoms with Gasteiger partial charge in [0.05, 0.1) is 45.8 Å². The van der Waals surface area contributed by atoms with Crippen LogP contribution in [0.2, 0.25) is 0 Å². The van der Waals surface area contributed by atoms with Gasteiger partial charge in [-0.25, -0.2) is 4.85 Å². The Hall–Kier alpha value is -8.44. The van der Waals surface area contributed by atoms with Gasteiger partial charge in [0.2, 0.25) is 0 Å². The molecule has 13 aromatic rings. The van der Waals surface area contributed by atoms with Crippen molar-refractivity contribution in [1.82, 2.24) is 8.80 Å². The van der Waals surface area contributed by atoms with Crippen LogP contribution in [-0.2, 0) is 10.8 Å². The Morgan fingerprint density at radius 1 is 0.432 bits per heavy atom. The third-order valence-electron chi connectivity index (χ3n) is 19.0. The van der Waals surface area contributed by atoms with Crippen molar-refractivity contribution in [2.45, 2.75) is 89.9 Å². The minimum atomic E-state index is -0.138. The minimum Gasteiger partial charge on any atom is -0.309 e. The summed E-state index contributed by atoms with van der Waals surface area (Å²) in [6.07, 6.45) is 0. The summed E-state index contributed by atoms with van der Waals surface area (Å²) in [5.74, 6) is 0.0129. The van der Waals surface area contributed by atoms with Gasteiger partial charge in [-0.05, 0) is 150 Å². The van der Waals surface area contributed by atoms with Crippen LogP contribution in [0.4, 0.5) is 5.69 Å². The van der Waals surface area contributed by atoms with Gasteiger partial charge in [-0.15, -0.1) is 0 Å². The lowest BCUT2D eigenvalue weighted by Crippen LogP contribution is -2.28. The number of nitriles is 1. The predicted octanol–water partition coefficient (Wildman–Crippen LogP) is 17.6. The van der Waals surface area contributed by atoms with Crippen LogP contribution in [0.3, 0.4) is 0 Å². The highest BCUT2D eigenvalue weighted by Gasteiger charge is 2.47. The molecule has 0 spiro atoms. The zero-order chi connectivity index (χ0) is 49.9. The van der Waals surface area contributed by atoms with Crippen LogP contribution in [0, 0.1) is 31.8 Å². The lowest BCUT2D eigenvalue weighted by atomic mass is 9.59. The largest absolute Gasteiger partial charge is 0.309 e. The smallest absolute Gasteiger partial charge is 0.193 e. The first-order chi connectivity index (χ1) is 35.8. The fourth-order valence-corrected chi connectivity index (χ4v) is 16.0. The number of fused-ring (bicyclic) bond motifs is 12. The first-order valence-electron chi connectivity index (χ1n) is 26.5. The summed E-state index contributed by atoms with van der Waals surface area (Å²) in [4.78, 5) is 4.47. The Kier molecular flexibility index (Phi) is 7.22. The Balaban J connectivity index is 1.07. The highest BCUT2D eigenvalue weighted by molar-refractivity contribution is 6.32. The Labute approximate surface area is 429 Å². The van der Waals surface area contributed by atoms with Gasteiger partial charge in [0, 0.05) is 72.3 Å². The molecule has 4 heterocycles. The van der Waals surface area contributed by atoms with Crippen LogP contribution < -0.4 is 0 Å². The molecule has 4 bridgehead atoms. The molecule has 6 aliphatic rings. The molecule has 74 heavy (non-hydrogen) atoms. The van der Waals surface area contributed by atoms with Crippen LogP contribution in [0.5, 0.6) is 0 Å². The normalized spacial score (nSPS) is 18.2. The maximum absolute atomic E-state index is 11.4. The molecular formula is C70H50N4. The molecule has 4 heteroatoms. The number of aromatic nitrogens is 2. The number of rotatable bonds is 0. The van der Waals surface area contributed by atoms with Gasteiger partial charge in [0.1, 0.15) is 0 Å². The van der Waals surface area contributed by atoms with E-state index < -0.39 is 0 Å². The SMILES string of the molecule is [C-]#[N+]c1cc2c(c3c1C1c4ccccc4C3c3ccccc31)c1cc(C(C)(C)C)cc3c4c(C)c5c(c(C)c4n2c13)c1cc(C(C)(C)C)cc2c3c4c(c(C#N)cc3n5c21)C1c2ccccc2C4c2ccccc21. The van der Waals surface area contributed by atoms with Crippen molar-refractivity contribution >= 4 is 81.9 Å². The zero-order valence-corrected chi connectivity index (χ0v) is 42.8. The highest BCUT2D eigenvalue weighted by atomic mass is 14.9. The van der Waals surface area contributed by atoms with E-state index in [1.807, 2.05) is 0 Å². The van der Waals surface area contributed by atoms with Crippen molar-refractivity contribution in [2.24, 2.45) is 0 Å². The van der Waals surface area contributed by atoms with E-state index >= 15 is 0 Å². The van der Waals surface area contributed by atoms with Crippen molar-refractivity contribution in [1.29, 1.82) is 5.26 Å². The third kappa shape index (κ3) is 4.48. The van der Waals surface area contributed by atoms with Gasteiger partial charge in [-0.2, -0.15) is 5.26 Å². The second-order valence-corrected chi connectivity index (χ2v) is 24.4. The lowest BCUT2D eigenvalue weighted by molar-refractivity contribution is 0.591. The fraction of sp³-hybridized carbons (Fsp3) is 0.200. The van der Waals surface area contributed by atoms with Crippen molar-refractivity contribution in [3.05, 3.63) is 239 Å². The Morgan fingerprint density at radius 2 is 0.757 bits per heavy atom. The first kappa shape index (κ1) is 41.1. The number of benzene rings is 9. The molecule has 0 saturated heterocycles. The molecule has 6 aliphatic carbocycles. The van der Waals surface area contributed by atoms with Gasteiger partial charge >= 0.3 is 0 Å². The molecular weight excluding hydrogens is 897 g/mol. The van der Waals surface area contributed by atoms with Gasteiger partial charge < -0.3 is 8.80 Å². The van der Waals surface area contributed by atoms with Crippen molar-refractivity contribution in [3.8, 4) is 6.07 Å². The van der Waals surface area contributed by atoms with Crippen LogP contribution in [0.1, 0.15) is 160 Å². The number of nitrogens with zero attached hydrogens (tertiary/aromatic N) is 4. The Bertz CT molecular complexity index is 4520. The highest BCUT2D eigenvalue weighted by Crippen LogP contribution is 2.63. The van der Waals surface area contributed by atoms with Crippen molar-refractivity contribution < 1.29 is 0 Å². The van der Waals surface area contributed by atoms with E-state index in [4.69, 9.17) is 6.57 Å². The number of hydrogen-bond acceptors (Lipinski definition) is 1. The number of aryl methyl sites for hydroxylation is 2. The zero-order valence-electron chi connectivity index (χ0n) is 42.8. The summed E-state index contributed by atoms with van der Waals surface area (Å²) in [5.41, 5.74) is 29.3. The van der Waals surface area contributed by atoms with Crippen molar-refractivity contribution in [3.63, 3.8) is 0 Å². The van der Waals surface area contributed by atoms with Crippen molar-refractivity contribution in [2.75, 3.05) is 0 Å². The van der Waals surface area contributed by atoms with Crippen LogP contribution in [0.15, 0.2) is 133 Å². The maximum atomic E-state index is 11.4. The van der Waals surface area contributed by atoms with E-state index in [9.17, 15) is 5.26 Å². The summed E-state index contributed by atoms with van der Waals surface area (Å²) in [6.45, 7) is 27.8. The molecule has 0 saturated carbocycles. The molecule has 9 aromatic carbocycles. The van der Waals surface area contributed by atoms with Gasteiger partial charge in [-0.3, -0.25) is 0 Å². The molecule has 4 aromatic heterocycles. The molecule has 4 nitrogen and oxygen atoms in total. The van der Waals surface area contributed by atoms with Gasteiger partial charge in [0.15, 0.2) is 5.69 Å². The molecule has 350 valence electrons. The topological polar surface area (TPSA) is 37.0 Å². The molecule has 0 fully saturated rings. The summed E-state index contributed by atoms with van der Waals surface area (Å²) in [6, 6.07) is 53.4. The fourth-order valence-electron chi connectivity index (χ4n) is 16.0. The van der Waals surface area contributed by atoms with E-state index in [0.29, 0.717) is 0 Å². The van der Waals surface area contributed by atoms with E-state index in [-0.39, 0.29) is 34.5 Å². The minimum absolute atomic E-state index is 0.00372. The lowest BCUT2D eigenvalue weighted by Gasteiger charge is -2.43. The summed E-state index contributed by atoms with van der Waals surface area (Å²) >= 11 is 0. The van der Waals surface area contributed by atoms with Gasteiger partial charge in [-0.1, -0.05) is 139 Å². The van der Waals surface area contributed by atoms with E-state index in [2.05, 4.69) is 209 Å². The summed E-state index contributed by atoms with van der Waals surface area (Å²) in [5, 5.41) is 21.6. The van der Waals surface area contributed by atoms with E-state index in [1.54, 1.807) is 0 Å². The summed E-state index contributed by atoms with van der Waals surface area (Å²) < 4.78 is 5.17. The second kappa shape index (κ2) is 13.0. The molecule has 19 rings (SSSR count). The average molecular weight is 947 g/mol. The molecule has 0 radical (unpaired) electrons. The van der Waals surface area contributed by atoms with Gasteiger partial charge in [0.25, 0.3) is 0 Å². The van der Waals surface area contributed by atoms with E-state index in [1.165, 1.54) is 154 Å². The van der Waals surface area contributed by atoms with Crippen LogP contribution in [0.25, 0.3) is 81.0 Å². The van der Waals surface area contributed by atoms with Crippen LogP contribution >= 0.6 is 0 Å². The summed E-state index contributed by atoms with van der Waals surface area (Å²) in [7, 11) is 0.